The van der Waals surface area contributed by atoms with Crippen molar-refractivity contribution in [1.29, 1.82) is 0 Å². The number of nitrogens with zero attached hydrogens (tertiary/aromatic N) is 1. The van der Waals surface area contributed by atoms with Crippen LogP contribution in [-0.2, 0) is 9.53 Å². The predicted molar refractivity (Wildman–Crippen MR) is 151 cm³/mol. The molecule has 3 aromatic rings. The van der Waals surface area contributed by atoms with E-state index in [-0.39, 0.29) is 17.2 Å². The highest BCUT2D eigenvalue weighted by atomic mass is 16.6. The Bertz CT molecular complexity index is 1490. The molecule has 39 heavy (non-hydrogen) atoms. The van der Waals surface area contributed by atoms with Crippen molar-refractivity contribution in [1.82, 2.24) is 4.90 Å². The molecule has 1 aliphatic carbocycles. The molecule has 6 rings (SSSR count). The Labute approximate surface area is 228 Å². The lowest BCUT2D eigenvalue weighted by molar-refractivity contribution is -0.118. The van der Waals surface area contributed by atoms with E-state index < -0.39 is 6.09 Å². The number of carbonyl (C=O) groups is 2. The number of morpholine rings is 1. The number of ketones is 1. The number of Topliss-reactive ketones (excluding diaryl/α,β-unsaturated/α-hetero) is 1. The van der Waals surface area contributed by atoms with Gasteiger partial charge in [-0.2, -0.15) is 0 Å². The number of rotatable bonds is 4. The van der Waals surface area contributed by atoms with Crippen LogP contribution in [0.1, 0.15) is 50.8 Å². The molecule has 0 spiro atoms. The fourth-order valence-electron chi connectivity index (χ4n) is 6.05. The molecule has 2 heterocycles. The van der Waals surface area contributed by atoms with Crippen molar-refractivity contribution in [2.75, 3.05) is 38.2 Å². The number of carbonyl (C=O) groups excluding carboxylic acids is 2. The third-order valence-corrected chi connectivity index (χ3v) is 7.81. The van der Waals surface area contributed by atoms with Crippen LogP contribution in [0.2, 0.25) is 0 Å². The van der Waals surface area contributed by atoms with E-state index in [9.17, 15) is 9.59 Å². The first-order chi connectivity index (χ1) is 18.8. The lowest BCUT2D eigenvalue weighted by atomic mass is 9.68. The molecule has 0 bridgehead atoms. The van der Waals surface area contributed by atoms with E-state index in [4.69, 9.17) is 14.2 Å². The maximum absolute atomic E-state index is 13.8. The molecular weight excluding hydrogens is 492 g/mol. The first kappa shape index (κ1) is 25.4. The molecule has 0 saturated carbocycles. The number of anilines is 1. The topological polar surface area (TPSA) is 77.1 Å². The molecule has 7 heteroatoms. The highest BCUT2D eigenvalue weighted by molar-refractivity contribution is 6.12. The van der Waals surface area contributed by atoms with Crippen molar-refractivity contribution in [3.05, 3.63) is 71.3 Å². The summed E-state index contributed by atoms with van der Waals surface area (Å²) in [5, 5.41) is 5.99. The summed E-state index contributed by atoms with van der Waals surface area (Å²) in [7, 11) is 0. The van der Waals surface area contributed by atoms with Crippen LogP contribution in [0, 0.1) is 5.41 Å². The average Bonchev–Trinajstić information content (AvgIpc) is 2.93. The van der Waals surface area contributed by atoms with Crippen LogP contribution in [-0.4, -0.2) is 49.7 Å². The number of fused-ring (bicyclic) bond motifs is 4. The van der Waals surface area contributed by atoms with Crippen LogP contribution < -0.4 is 14.8 Å². The van der Waals surface area contributed by atoms with E-state index in [1.165, 1.54) is 0 Å². The summed E-state index contributed by atoms with van der Waals surface area (Å²) in [5.41, 5.74) is 4.85. The first-order valence-electron chi connectivity index (χ1n) is 13.7. The third kappa shape index (κ3) is 4.76. The number of ether oxygens (including phenoxy) is 3. The van der Waals surface area contributed by atoms with Crippen molar-refractivity contribution in [2.45, 2.75) is 39.7 Å². The normalized spacial score (nSPS) is 20.2. The van der Waals surface area contributed by atoms with Gasteiger partial charge in [-0.25, -0.2) is 4.79 Å². The predicted octanol–water partition coefficient (Wildman–Crippen LogP) is 6.38. The summed E-state index contributed by atoms with van der Waals surface area (Å²) in [6.45, 7) is 8.64. The SMILES string of the molecule is CCOc1cc(C2Nc3ccc4ccccc4c3C3=C2C(=O)CC(C)(C)C3)ccc1OC(=O)N1CCOCC1. The van der Waals surface area contributed by atoms with E-state index in [0.29, 0.717) is 50.8 Å². The van der Waals surface area contributed by atoms with Gasteiger partial charge in [0.2, 0.25) is 0 Å². The molecule has 3 aromatic carbocycles. The molecule has 1 saturated heterocycles. The van der Waals surface area contributed by atoms with Gasteiger partial charge in [-0.1, -0.05) is 50.2 Å². The summed E-state index contributed by atoms with van der Waals surface area (Å²) < 4.78 is 17.0. The smallest absolute Gasteiger partial charge is 0.415 e. The van der Waals surface area contributed by atoms with Gasteiger partial charge >= 0.3 is 6.09 Å². The number of benzene rings is 3. The average molecular weight is 527 g/mol. The van der Waals surface area contributed by atoms with Gasteiger partial charge in [0.05, 0.1) is 25.9 Å². The third-order valence-electron chi connectivity index (χ3n) is 7.81. The highest BCUT2D eigenvalue weighted by Crippen LogP contribution is 2.52. The van der Waals surface area contributed by atoms with Gasteiger partial charge in [0.15, 0.2) is 17.3 Å². The Morgan fingerprint density at radius 3 is 2.64 bits per heavy atom. The van der Waals surface area contributed by atoms with Crippen LogP contribution in [0.4, 0.5) is 10.5 Å². The van der Waals surface area contributed by atoms with Crippen molar-refractivity contribution < 1.29 is 23.8 Å². The number of hydrogen-bond acceptors (Lipinski definition) is 6. The van der Waals surface area contributed by atoms with Crippen LogP contribution in [0.15, 0.2) is 60.2 Å². The summed E-state index contributed by atoms with van der Waals surface area (Å²) in [6, 6.07) is 17.8. The zero-order chi connectivity index (χ0) is 27.1. The molecule has 0 aromatic heterocycles. The van der Waals surface area contributed by atoms with E-state index in [0.717, 1.165) is 45.2 Å². The zero-order valence-corrected chi connectivity index (χ0v) is 22.7. The fourth-order valence-corrected chi connectivity index (χ4v) is 6.05. The largest absolute Gasteiger partial charge is 0.490 e. The maximum atomic E-state index is 13.8. The first-order valence-corrected chi connectivity index (χ1v) is 13.7. The monoisotopic (exact) mass is 526 g/mol. The molecule has 3 aliphatic rings. The molecule has 1 fully saturated rings. The summed E-state index contributed by atoms with van der Waals surface area (Å²) >= 11 is 0. The summed E-state index contributed by atoms with van der Waals surface area (Å²) in [6.07, 6.45) is 0.900. The molecule has 1 unspecified atom stereocenters. The minimum Gasteiger partial charge on any atom is -0.490 e. The van der Waals surface area contributed by atoms with Gasteiger partial charge in [-0.05, 0) is 58.9 Å². The Morgan fingerprint density at radius 1 is 1.05 bits per heavy atom. The minimum absolute atomic E-state index is 0.125. The molecule has 202 valence electrons. The second kappa shape index (κ2) is 10.0. The quantitative estimate of drug-likeness (QED) is 0.425. The number of hydrogen-bond donors (Lipinski definition) is 1. The molecule has 1 atom stereocenters. The van der Waals surface area contributed by atoms with E-state index in [1.54, 1.807) is 11.0 Å². The number of allylic oxidation sites excluding steroid dienone is 1. The Morgan fingerprint density at radius 2 is 1.85 bits per heavy atom. The summed E-state index contributed by atoms with van der Waals surface area (Å²) in [4.78, 5) is 28.2. The van der Waals surface area contributed by atoms with Crippen molar-refractivity contribution in [2.24, 2.45) is 5.41 Å². The molecule has 7 nitrogen and oxygen atoms in total. The lowest BCUT2D eigenvalue weighted by Crippen LogP contribution is -2.42. The van der Waals surface area contributed by atoms with E-state index >= 15 is 0 Å². The Kier molecular flexibility index (Phi) is 6.55. The van der Waals surface area contributed by atoms with Crippen LogP contribution in [0.5, 0.6) is 11.5 Å². The van der Waals surface area contributed by atoms with Crippen LogP contribution in [0.3, 0.4) is 0 Å². The Balaban J connectivity index is 1.42. The van der Waals surface area contributed by atoms with Gasteiger partial charge in [0, 0.05) is 36.3 Å². The summed E-state index contributed by atoms with van der Waals surface area (Å²) in [5.74, 6) is 1.01. The molecular formula is C32H34N2O5. The molecule has 2 aliphatic heterocycles. The van der Waals surface area contributed by atoms with E-state index in [2.05, 4.69) is 49.5 Å². The van der Waals surface area contributed by atoms with Crippen molar-refractivity contribution in [3.63, 3.8) is 0 Å². The van der Waals surface area contributed by atoms with Crippen LogP contribution >= 0.6 is 0 Å². The van der Waals surface area contributed by atoms with Gasteiger partial charge in [-0.3, -0.25) is 4.79 Å². The van der Waals surface area contributed by atoms with Gasteiger partial charge in [0.1, 0.15) is 0 Å². The molecule has 1 N–H and O–H groups in total. The standard InChI is InChI=1S/C32H34N2O5/c1-4-38-27-17-21(10-12-26(27)39-31(36)34-13-15-37-16-14-34)30-29-23(18-32(2,3)19-25(29)35)28-22-8-6-5-7-20(22)9-11-24(28)33-30/h5-12,17,30,33H,4,13-16,18-19H2,1-3H3. The zero-order valence-electron chi connectivity index (χ0n) is 22.7. The van der Waals surface area contributed by atoms with Gasteiger partial charge < -0.3 is 24.4 Å². The lowest BCUT2D eigenvalue weighted by Gasteiger charge is -2.40. The highest BCUT2D eigenvalue weighted by Gasteiger charge is 2.41. The van der Waals surface area contributed by atoms with Crippen molar-refractivity contribution in [3.8, 4) is 11.5 Å². The van der Waals surface area contributed by atoms with Gasteiger partial charge in [-0.15, -0.1) is 0 Å². The molecule has 1 amide bonds. The number of amides is 1. The maximum Gasteiger partial charge on any atom is 0.415 e. The van der Waals surface area contributed by atoms with E-state index in [1.807, 2.05) is 25.1 Å². The Hall–Kier alpha value is -3.84. The number of nitrogens with one attached hydrogen (secondary N) is 1. The second-order valence-electron chi connectivity index (χ2n) is 11.2. The minimum atomic E-state index is -0.418. The van der Waals surface area contributed by atoms with Gasteiger partial charge in [0.25, 0.3) is 0 Å². The van der Waals surface area contributed by atoms with Crippen molar-refractivity contribution >= 4 is 33.9 Å². The fraction of sp³-hybridized carbons (Fsp3) is 0.375. The molecule has 0 radical (unpaired) electrons. The second-order valence-corrected chi connectivity index (χ2v) is 11.2. The van der Waals surface area contributed by atoms with Crippen LogP contribution in [0.25, 0.3) is 16.3 Å².